The van der Waals surface area contributed by atoms with E-state index in [0.29, 0.717) is 0 Å². The third-order valence-corrected chi connectivity index (χ3v) is 3.50. The molecule has 0 saturated carbocycles. The highest BCUT2D eigenvalue weighted by molar-refractivity contribution is 8.00. The zero-order chi connectivity index (χ0) is 12.8. The van der Waals surface area contributed by atoms with Crippen molar-refractivity contribution in [3.63, 3.8) is 0 Å². The summed E-state index contributed by atoms with van der Waals surface area (Å²) >= 11 is 1.29. The van der Waals surface area contributed by atoms with Gasteiger partial charge in [-0.3, -0.25) is 14.9 Å². The number of imide groups is 1. The molecule has 1 rings (SSSR count). The molecule has 6 heteroatoms. The third kappa shape index (κ3) is 4.62. The van der Waals surface area contributed by atoms with Crippen molar-refractivity contribution >= 4 is 23.6 Å². The second-order valence-corrected chi connectivity index (χ2v) is 4.98. The SMILES string of the molecule is CC(O)C(C)SCC(=O)NC(=O)c1ccco1. The van der Waals surface area contributed by atoms with Crippen LogP contribution in [0.4, 0.5) is 0 Å². The average Bonchev–Trinajstić information content (AvgIpc) is 2.78. The minimum absolute atomic E-state index is 0.0561. The van der Waals surface area contributed by atoms with Gasteiger partial charge in [-0.1, -0.05) is 6.92 Å². The Labute approximate surface area is 104 Å². The van der Waals surface area contributed by atoms with E-state index in [2.05, 4.69) is 5.32 Å². The first-order valence-electron chi connectivity index (χ1n) is 5.18. The lowest BCUT2D eigenvalue weighted by Gasteiger charge is -2.13. The number of hydrogen-bond acceptors (Lipinski definition) is 5. The lowest BCUT2D eigenvalue weighted by molar-refractivity contribution is -0.117. The smallest absolute Gasteiger partial charge is 0.293 e. The maximum absolute atomic E-state index is 11.4. The van der Waals surface area contributed by atoms with Crippen LogP contribution in [-0.4, -0.2) is 34.0 Å². The van der Waals surface area contributed by atoms with Crippen LogP contribution in [0.3, 0.4) is 0 Å². The molecule has 2 atom stereocenters. The number of rotatable bonds is 5. The molecule has 2 amide bonds. The highest BCUT2D eigenvalue weighted by Crippen LogP contribution is 2.13. The molecule has 1 aromatic heterocycles. The molecule has 0 spiro atoms. The van der Waals surface area contributed by atoms with E-state index in [-0.39, 0.29) is 16.8 Å². The molecule has 0 aromatic carbocycles. The molecule has 0 saturated heterocycles. The molecule has 94 valence electrons. The Hall–Kier alpha value is -1.27. The Morgan fingerprint density at radius 3 is 2.76 bits per heavy atom. The number of aliphatic hydroxyl groups excluding tert-OH is 1. The summed E-state index contributed by atoms with van der Waals surface area (Å²) in [6.45, 7) is 3.47. The van der Waals surface area contributed by atoms with Crippen LogP contribution >= 0.6 is 11.8 Å². The van der Waals surface area contributed by atoms with E-state index in [9.17, 15) is 14.7 Å². The number of thioether (sulfide) groups is 1. The highest BCUT2D eigenvalue weighted by Gasteiger charge is 2.15. The molecule has 0 aliphatic carbocycles. The quantitative estimate of drug-likeness (QED) is 0.824. The maximum atomic E-state index is 11.4. The van der Waals surface area contributed by atoms with E-state index in [1.807, 2.05) is 6.92 Å². The van der Waals surface area contributed by atoms with Crippen molar-refractivity contribution in [2.45, 2.75) is 25.2 Å². The summed E-state index contributed by atoms with van der Waals surface area (Å²) in [5.41, 5.74) is 0. The van der Waals surface area contributed by atoms with Gasteiger partial charge in [0.15, 0.2) is 5.76 Å². The summed E-state index contributed by atoms with van der Waals surface area (Å²) < 4.78 is 4.85. The molecule has 2 unspecified atom stereocenters. The van der Waals surface area contributed by atoms with Crippen LogP contribution in [0.1, 0.15) is 24.4 Å². The molecule has 0 radical (unpaired) electrons. The molecular weight excluding hydrogens is 242 g/mol. The Balaban J connectivity index is 2.33. The summed E-state index contributed by atoms with van der Waals surface area (Å²) in [5, 5.41) is 11.4. The number of carbonyl (C=O) groups excluding carboxylic acids is 2. The van der Waals surface area contributed by atoms with Crippen LogP contribution in [0.25, 0.3) is 0 Å². The monoisotopic (exact) mass is 257 g/mol. The molecule has 0 fully saturated rings. The first-order valence-corrected chi connectivity index (χ1v) is 6.23. The van der Waals surface area contributed by atoms with Crippen LogP contribution in [0.2, 0.25) is 0 Å². The first kappa shape index (κ1) is 13.8. The number of amides is 2. The summed E-state index contributed by atoms with van der Waals surface area (Å²) in [7, 11) is 0. The molecule has 2 N–H and O–H groups in total. The fourth-order valence-electron chi connectivity index (χ4n) is 0.978. The molecule has 1 heterocycles. The van der Waals surface area contributed by atoms with Gasteiger partial charge in [0.05, 0.1) is 18.1 Å². The van der Waals surface area contributed by atoms with Crippen molar-refractivity contribution < 1.29 is 19.1 Å². The van der Waals surface area contributed by atoms with Crippen molar-refractivity contribution in [1.29, 1.82) is 0 Å². The van der Waals surface area contributed by atoms with Crippen LogP contribution < -0.4 is 5.32 Å². The number of hydrogen-bond donors (Lipinski definition) is 2. The Morgan fingerprint density at radius 1 is 1.53 bits per heavy atom. The van der Waals surface area contributed by atoms with Gasteiger partial charge < -0.3 is 9.52 Å². The summed E-state index contributed by atoms with van der Waals surface area (Å²) in [4.78, 5) is 22.8. The maximum Gasteiger partial charge on any atom is 0.293 e. The number of furan rings is 1. The van der Waals surface area contributed by atoms with Gasteiger partial charge in [0.25, 0.3) is 5.91 Å². The minimum Gasteiger partial charge on any atom is -0.459 e. The van der Waals surface area contributed by atoms with Gasteiger partial charge in [0.1, 0.15) is 0 Å². The molecule has 17 heavy (non-hydrogen) atoms. The number of aliphatic hydroxyl groups is 1. The normalized spacial score (nSPS) is 14.1. The average molecular weight is 257 g/mol. The van der Waals surface area contributed by atoms with Crippen molar-refractivity contribution in [3.05, 3.63) is 24.2 Å². The fraction of sp³-hybridized carbons (Fsp3) is 0.455. The number of nitrogens with one attached hydrogen (secondary N) is 1. The largest absolute Gasteiger partial charge is 0.459 e. The van der Waals surface area contributed by atoms with Crippen molar-refractivity contribution in [3.8, 4) is 0 Å². The van der Waals surface area contributed by atoms with Crippen molar-refractivity contribution in [1.82, 2.24) is 5.32 Å². The molecule has 0 bridgehead atoms. The van der Waals surface area contributed by atoms with Crippen LogP contribution in [0, 0.1) is 0 Å². The predicted molar refractivity (Wildman–Crippen MR) is 64.8 cm³/mol. The topological polar surface area (TPSA) is 79.5 Å². The fourth-order valence-corrected chi connectivity index (χ4v) is 1.74. The standard InChI is InChI=1S/C11H15NO4S/c1-7(13)8(2)17-6-10(14)12-11(15)9-4-3-5-16-9/h3-5,7-8,13H,6H2,1-2H3,(H,12,14,15). The molecule has 5 nitrogen and oxygen atoms in total. The molecule has 0 aliphatic rings. The van der Waals surface area contributed by atoms with E-state index in [4.69, 9.17) is 4.42 Å². The van der Waals surface area contributed by atoms with Gasteiger partial charge in [-0.05, 0) is 19.1 Å². The van der Waals surface area contributed by atoms with Gasteiger partial charge in [-0.2, -0.15) is 0 Å². The Morgan fingerprint density at radius 2 is 2.24 bits per heavy atom. The van der Waals surface area contributed by atoms with Gasteiger partial charge in [0, 0.05) is 5.25 Å². The van der Waals surface area contributed by atoms with Crippen LogP contribution in [-0.2, 0) is 4.79 Å². The number of carbonyl (C=O) groups is 2. The summed E-state index contributed by atoms with van der Waals surface area (Å²) in [6, 6.07) is 3.05. The predicted octanol–water partition coefficient (Wildman–Crippen LogP) is 1.04. The molecular formula is C11H15NO4S. The Bertz CT molecular complexity index is 375. The van der Waals surface area contributed by atoms with Crippen LogP contribution in [0.5, 0.6) is 0 Å². The summed E-state index contributed by atoms with van der Waals surface area (Å²) in [6.07, 6.45) is 0.873. The van der Waals surface area contributed by atoms with Crippen molar-refractivity contribution in [2.75, 3.05) is 5.75 Å². The minimum atomic E-state index is -0.551. The third-order valence-electron chi connectivity index (χ3n) is 2.15. The van der Waals surface area contributed by atoms with E-state index in [1.54, 1.807) is 13.0 Å². The van der Waals surface area contributed by atoms with E-state index >= 15 is 0 Å². The first-order chi connectivity index (χ1) is 8.00. The molecule has 1 aromatic rings. The second kappa shape index (κ2) is 6.46. The zero-order valence-corrected chi connectivity index (χ0v) is 10.5. The van der Waals surface area contributed by atoms with Gasteiger partial charge >= 0.3 is 0 Å². The highest BCUT2D eigenvalue weighted by atomic mass is 32.2. The Kier molecular flexibility index (Phi) is 5.24. The van der Waals surface area contributed by atoms with E-state index < -0.39 is 17.9 Å². The van der Waals surface area contributed by atoms with E-state index in [1.165, 1.54) is 24.1 Å². The van der Waals surface area contributed by atoms with Crippen LogP contribution in [0.15, 0.2) is 22.8 Å². The zero-order valence-electron chi connectivity index (χ0n) is 9.67. The van der Waals surface area contributed by atoms with Gasteiger partial charge in [-0.25, -0.2) is 0 Å². The second-order valence-electron chi connectivity index (χ2n) is 3.61. The lowest BCUT2D eigenvalue weighted by atomic mass is 10.3. The lowest BCUT2D eigenvalue weighted by Crippen LogP contribution is -2.32. The van der Waals surface area contributed by atoms with Gasteiger partial charge in [0.2, 0.25) is 5.91 Å². The summed E-state index contributed by atoms with van der Waals surface area (Å²) in [5.74, 6) is -0.723. The van der Waals surface area contributed by atoms with Crippen molar-refractivity contribution in [2.24, 2.45) is 0 Å². The van der Waals surface area contributed by atoms with Gasteiger partial charge in [-0.15, -0.1) is 11.8 Å². The molecule has 0 aliphatic heterocycles. The van der Waals surface area contributed by atoms with E-state index in [0.717, 1.165) is 0 Å².